The lowest BCUT2D eigenvalue weighted by Crippen LogP contribution is -2.30. The van der Waals surface area contributed by atoms with Crippen LogP contribution in [0.2, 0.25) is 0 Å². The number of benzene rings is 5. The number of amides is 2. The van der Waals surface area contributed by atoms with Crippen molar-refractivity contribution in [3.05, 3.63) is 144 Å². The van der Waals surface area contributed by atoms with Crippen LogP contribution in [0.15, 0.2) is 121 Å². The van der Waals surface area contributed by atoms with Gasteiger partial charge in [-0.15, -0.1) is 0 Å². The van der Waals surface area contributed by atoms with Crippen molar-refractivity contribution >= 4 is 34.6 Å². The van der Waals surface area contributed by atoms with Crippen LogP contribution in [0.1, 0.15) is 31.8 Å². The Morgan fingerprint density at radius 1 is 0.718 bits per heavy atom. The van der Waals surface area contributed by atoms with Crippen LogP contribution in [0.3, 0.4) is 0 Å². The van der Waals surface area contributed by atoms with Gasteiger partial charge in [-0.05, 0) is 71.6 Å². The van der Waals surface area contributed by atoms with Crippen molar-refractivity contribution in [3.8, 4) is 11.1 Å². The van der Waals surface area contributed by atoms with Crippen molar-refractivity contribution in [2.45, 2.75) is 13.5 Å². The molecule has 0 bridgehead atoms. The van der Waals surface area contributed by atoms with Crippen LogP contribution in [-0.2, 0) is 6.54 Å². The van der Waals surface area contributed by atoms with Gasteiger partial charge in [0.25, 0.3) is 11.8 Å². The zero-order chi connectivity index (χ0) is 26.8. The summed E-state index contributed by atoms with van der Waals surface area (Å²) in [7, 11) is 0. The highest BCUT2D eigenvalue weighted by Gasteiger charge is 2.26. The van der Waals surface area contributed by atoms with Gasteiger partial charge >= 0.3 is 0 Å². The third-order valence-electron chi connectivity index (χ3n) is 7.03. The van der Waals surface area contributed by atoms with Gasteiger partial charge in [0, 0.05) is 22.5 Å². The largest absolute Gasteiger partial charge is 0.354 e. The highest BCUT2D eigenvalue weighted by Crippen LogP contribution is 2.36. The summed E-state index contributed by atoms with van der Waals surface area (Å²) in [6, 6.07) is 38.7. The van der Waals surface area contributed by atoms with E-state index < -0.39 is 0 Å². The Morgan fingerprint density at radius 2 is 1.41 bits per heavy atom. The fourth-order valence-corrected chi connectivity index (χ4v) is 5.05. The van der Waals surface area contributed by atoms with Crippen molar-refractivity contribution in [1.82, 2.24) is 0 Å². The summed E-state index contributed by atoms with van der Waals surface area (Å²) in [5.74, 6) is -0.289. The molecule has 190 valence electrons. The summed E-state index contributed by atoms with van der Waals surface area (Å²) in [6.07, 6.45) is 0. The number of carbonyl (C=O) groups is 2. The molecule has 5 nitrogen and oxygen atoms in total. The molecule has 6 rings (SSSR count). The zero-order valence-electron chi connectivity index (χ0n) is 21.5. The second-order valence-electron chi connectivity index (χ2n) is 9.59. The van der Waals surface area contributed by atoms with E-state index >= 15 is 0 Å². The molecule has 0 unspecified atom stereocenters. The van der Waals surface area contributed by atoms with Crippen molar-refractivity contribution in [2.75, 3.05) is 15.5 Å². The lowest BCUT2D eigenvalue weighted by atomic mass is 9.99. The molecular formula is C34H27N3O2. The van der Waals surface area contributed by atoms with Crippen molar-refractivity contribution in [3.63, 3.8) is 0 Å². The Hall–Kier alpha value is -5.16. The first-order valence-corrected chi connectivity index (χ1v) is 12.9. The minimum atomic E-state index is -0.197. The van der Waals surface area contributed by atoms with E-state index in [4.69, 9.17) is 0 Å². The number of carbonyl (C=O) groups excluding carboxylic acids is 2. The predicted molar refractivity (Wildman–Crippen MR) is 158 cm³/mol. The van der Waals surface area contributed by atoms with Crippen LogP contribution in [-0.4, -0.2) is 11.8 Å². The first-order valence-electron chi connectivity index (χ1n) is 12.9. The van der Waals surface area contributed by atoms with E-state index in [9.17, 15) is 9.59 Å². The molecule has 0 fully saturated rings. The maximum Gasteiger partial charge on any atom is 0.258 e. The predicted octanol–water partition coefficient (Wildman–Crippen LogP) is 7.82. The van der Waals surface area contributed by atoms with Crippen LogP contribution in [0.25, 0.3) is 11.1 Å². The molecule has 1 aliphatic heterocycles. The molecule has 5 aromatic rings. The molecular weight excluding hydrogens is 482 g/mol. The fraction of sp³-hybridized carbons (Fsp3) is 0.0588. The first kappa shape index (κ1) is 24.2. The highest BCUT2D eigenvalue weighted by atomic mass is 16.2. The smallest absolute Gasteiger partial charge is 0.258 e. The Bertz CT molecular complexity index is 1690. The van der Waals surface area contributed by atoms with Crippen molar-refractivity contribution in [2.24, 2.45) is 0 Å². The van der Waals surface area contributed by atoms with Gasteiger partial charge in [-0.3, -0.25) is 9.59 Å². The average Bonchev–Trinajstić information content (AvgIpc) is 3.14. The topological polar surface area (TPSA) is 61.4 Å². The van der Waals surface area contributed by atoms with Gasteiger partial charge in [-0.1, -0.05) is 78.9 Å². The average molecular weight is 510 g/mol. The van der Waals surface area contributed by atoms with E-state index in [1.54, 1.807) is 12.1 Å². The summed E-state index contributed by atoms with van der Waals surface area (Å²) < 4.78 is 0. The molecule has 0 saturated heterocycles. The van der Waals surface area contributed by atoms with E-state index in [-0.39, 0.29) is 11.8 Å². The molecule has 5 aromatic carbocycles. The maximum atomic E-state index is 13.9. The monoisotopic (exact) mass is 509 g/mol. The van der Waals surface area contributed by atoms with Crippen molar-refractivity contribution < 1.29 is 9.59 Å². The lowest BCUT2D eigenvalue weighted by Gasteiger charge is -2.24. The third kappa shape index (κ3) is 4.78. The van der Waals surface area contributed by atoms with Crippen LogP contribution < -0.4 is 15.5 Å². The van der Waals surface area contributed by atoms with Gasteiger partial charge in [0.05, 0.1) is 17.9 Å². The quantitative estimate of drug-likeness (QED) is 0.260. The Labute approximate surface area is 227 Å². The molecule has 1 heterocycles. The molecule has 0 radical (unpaired) electrons. The molecule has 0 aromatic heterocycles. The van der Waals surface area contributed by atoms with Crippen LogP contribution in [0, 0.1) is 6.92 Å². The SMILES string of the molecule is Cc1cc(NC(=O)c2ccccc2-c2ccccc2)ccc1C(=O)N1Cc2ccccc2Nc2ccccc21. The van der Waals surface area contributed by atoms with E-state index in [0.717, 1.165) is 39.3 Å². The number of nitrogens with zero attached hydrogens (tertiary/aromatic N) is 1. The van der Waals surface area contributed by atoms with E-state index in [1.165, 1.54) is 0 Å². The van der Waals surface area contributed by atoms with E-state index in [1.807, 2.05) is 121 Å². The van der Waals surface area contributed by atoms with E-state index in [2.05, 4.69) is 10.6 Å². The second-order valence-corrected chi connectivity index (χ2v) is 9.59. The lowest BCUT2D eigenvalue weighted by molar-refractivity contribution is 0.0983. The molecule has 2 N–H and O–H groups in total. The van der Waals surface area contributed by atoms with Crippen LogP contribution in [0.4, 0.5) is 22.7 Å². The Balaban J connectivity index is 1.28. The molecule has 0 atom stereocenters. The third-order valence-corrected chi connectivity index (χ3v) is 7.03. The minimum absolute atomic E-state index is 0.0919. The van der Waals surface area contributed by atoms with Crippen LogP contribution >= 0.6 is 0 Å². The Morgan fingerprint density at radius 3 is 2.23 bits per heavy atom. The number of hydrogen-bond acceptors (Lipinski definition) is 3. The molecule has 39 heavy (non-hydrogen) atoms. The molecule has 1 aliphatic rings. The van der Waals surface area contributed by atoms with Gasteiger partial charge in [-0.25, -0.2) is 0 Å². The number of para-hydroxylation sites is 3. The second kappa shape index (κ2) is 10.3. The fourth-order valence-electron chi connectivity index (χ4n) is 5.05. The van der Waals surface area contributed by atoms with Gasteiger partial charge in [-0.2, -0.15) is 0 Å². The first-order chi connectivity index (χ1) is 19.1. The van der Waals surface area contributed by atoms with Gasteiger partial charge in [0.15, 0.2) is 0 Å². The normalized spacial score (nSPS) is 12.0. The van der Waals surface area contributed by atoms with Gasteiger partial charge < -0.3 is 15.5 Å². The highest BCUT2D eigenvalue weighted by molar-refractivity contribution is 6.11. The molecule has 0 spiro atoms. The number of fused-ring (bicyclic) bond motifs is 2. The number of hydrogen-bond donors (Lipinski definition) is 2. The van der Waals surface area contributed by atoms with Gasteiger partial charge in [0.1, 0.15) is 0 Å². The van der Waals surface area contributed by atoms with E-state index in [0.29, 0.717) is 23.4 Å². The molecule has 0 saturated carbocycles. The summed E-state index contributed by atoms with van der Waals surface area (Å²) in [6.45, 7) is 2.35. The minimum Gasteiger partial charge on any atom is -0.354 e. The standard InChI is InChI=1S/C34H27N3O2/c1-23-21-26(35-33(38)29-15-7-6-14-28(29)24-11-3-2-4-12-24)19-20-27(23)34(39)37-22-25-13-5-8-16-30(25)36-31-17-9-10-18-32(31)37/h2-21,36H,22H2,1H3,(H,35,38). The molecule has 2 amide bonds. The van der Waals surface area contributed by atoms with Crippen LogP contribution in [0.5, 0.6) is 0 Å². The Kier molecular flexibility index (Phi) is 6.39. The summed E-state index contributed by atoms with van der Waals surface area (Å²) in [5, 5.41) is 6.49. The maximum absolute atomic E-state index is 13.9. The molecule has 0 aliphatic carbocycles. The number of rotatable bonds is 4. The summed E-state index contributed by atoms with van der Waals surface area (Å²) >= 11 is 0. The zero-order valence-corrected chi connectivity index (χ0v) is 21.5. The van der Waals surface area contributed by atoms with Gasteiger partial charge in [0.2, 0.25) is 0 Å². The summed E-state index contributed by atoms with van der Waals surface area (Å²) in [4.78, 5) is 29.0. The number of anilines is 4. The molecule has 5 heteroatoms. The summed E-state index contributed by atoms with van der Waals surface area (Å²) in [5.41, 5.74) is 8.20. The number of nitrogens with one attached hydrogen (secondary N) is 2. The number of aryl methyl sites for hydroxylation is 1. The van der Waals surface area contributed by atoms with Crippen molar-refractivity contribution in [1.29, 1.82) is 0 Å².